The van der Waals surface area contributed by atoms with Crippen LogP contribution >= 0.6 is 11.3 Å². The SMILES string of the molecule is CCNC(=NCc1nc(C)c(C)s1)NCCNC(=O)c1ccccc1O. The predicted octanol–water partition coefficient (Wildman–Crippen LogP) is 1.95. The van der Waals surface area contributed by atoms with Gasteiger partial charge in [0.2, 0.25) is 0 Å². The van der Waals surface area contributed by atoms with E-state index in [1.165, 1.54) is 10.9 Å². The first-order valence-corrected chi connectivity index (χ1v) is 9.34. The number of para-hydroxylation sites is 1. The number of thiazole rings is 1. The Morgan fingerprint density at radius 2 is 1.92 bits per heavy atom. The van der Waals surface area contributed by atoms with E-state index in [0.29, 0.717) is 25.6 Å². The summed E-state index contributed by atoms with van der Waals surface area (Å²) in [6.45, 7) is 8.22. The number of carbonyl (C=O) groups excluding carboxylic acids is 1. The van der Waals surface area contributed by atoms with Crippen molar-refractivity contribution in [1.29, 1.82) is 0 Å². The van der Waals surface area contributed by atoms with Crippen LogP contribution in [0.15, 0.2) is 29.3 Å². The summed E-state index contributed by atoms with van der Waals surface area (Å²) in [4.78, 5) is 22.2. The van der Waals surface area contributed by atoms with Crippen LogP contribution in [0.4, 0.5) is 0 Å². The Kier molecular flexibility index (Phi) is 7.40. The largest absolute Gasteiger partial charge is 0.507 e. The summed E-state index contributed by atoms with van der Waals surface area (Å²) in [7, 11) is 0. The van der Waals surface area contributed by atoms with Crippen molar-refractivity contribution in [2.45, 2.75) is 27.3 Å². The summed E-state index contributed by atoms with van der Waals surface area (Å²) in [5.41, 5.74) is 1.31. The number of phenolic OH excluding ortho intramolecular Hbond substituents is 1. The predicted molar refractivity (Wildman–Crippen MR) is 105 cm³/mol. The minimum absolute atomic E-state index is 0.0260. The summed E-state index contributed by atoms with van der Waals surface area (Å²) in [6.07, 6.45) is 0. The highest BCUT2D eigenvalue weighted by Crippen LogP contribution is 2.17. The molecule has 8 heteroatoms. The molecule has 0 spiro atoms. The van der Waals surface area contributed by atoms with E-state index >= 15 is 0 Å². The van der Waals surface area contributed by atoms with Crippen molar-refractivity contribution in [3.05, 3.63) is 45.4 Å². The topological polar surface area (TPSA) is 98.6 Å². The molecule has 1 amide bonds. The Bertz CT molecular complexity index is 753. The lowest BCUT2D eigenvalue weighted by atomic mass is 10.2. The van der Waals surface area contributed by atoms with E-state index in [2.05, 4.69) is 32.9 Å². The number of carbonyl (C=O) groups is 1. The van der Waals surface area contributed by atoms with Gasteiger partial charge in [0.1, 0.15) is 10.8 Å². The Morgan fingerprint density at radius 1 is 1.19 bits per heavy atom. The number of aliphatic imine (C=N–C) groups is 1. The summed E-state index contributed by atoms with van der Waals surface area (Å²) in [6, 6.07) is 6.47. The van der Waals surface area contributed by atoms with Crippen LogP contribution in [-0.2, 0) is 6.54 Å². The first kappa shape index (κ1) is 19.7. The number of nitrogens with one attached hydrogen (secondary N) is 3. The van der Waals surface area contributed by atoms with Gasteiger partial charge in [0.15, 0.2) is 5.96 Å². The second-order valence-corrected chi connectivity index (χ2v) is 6.93. The number of aromatic hydroxyl groups is 1. The molecular weight excluding hydrogens is 350 g/mol. The summed E-state index contributed by atoms with van der Waals surface area (Å²) < 4.78 is 0. The number of benzene rings is 1. The maximum Gasteiger partial charge on any atom is 0.255 e. The second kappa shape index (κ2) is 9.76. The molecule has 1 aromatic heterocycles. The van der Waals surface area contributed by atoms with E-state index < -0.39 is 0 Å². The van der Waals surface area contributed by atoms with Crippen molar-refractivity contribution in [2.75, 3.05) is 19.6 Å². The zero-order chi connectivity index (χ0) is 18.9. The lowest BCUT2D eigenvalue weighted by Crippen LogP contribution is -2.41. The van der Waals surface area contributed by atoms with Crippen LogP contribution < -0.4 is 16.0 Å². The number of nitrogens with zero attached hydrogens (tertiary/aromatic N) is 2. The third kappa shape index (κ3) is 5.73. The number of aromatic nitrogens is 1. The van der Waals surface area contributed by atoms with Gasteiger partial charge >= 0.3 is 0 Å². The van der Waals surface area contributed by atoms with Crippen molar-refractivity contribution in [1.82, 2.24) is 20.9 Å². The van der Waals surface area contributed by atoms with E-state index in [4.69, 9.17) is 0 Å². The third-order valence-electron chi connectivity index (χ3n) is 3.64. The van der Waals surface area contributed by atoms with Gasteiger partial charge in [-0.15, -0.1) is 11.3 Å². The van der Waals surface area contributed by atoms with Crippen molar-refractivity contribution >= 4 is 23.2 Å². The molecule has 0 atom stereocenters. The van der Waals surface area contributed by atoms with Crippen LogP contribution in [0.1, 0.15) is 32.9 Å². The second-order valence-electron chi connectivity index (χ2n) is 5.64. The molecule has 0 saturated heterocycles. The molecule has 2 aromatic rings. The molecule has 0 aliphatic carbocycles. The van der Waals surface area contributed by atoms with Gasteiger partial charge < -0.3 is 21.1 Å². The molecule has 1 heterocycles. The fourth-order valence-electron chi connectivity index (χ4n) is 2.21. The first-order valence-electron chi connectivity index (χ1n) is 8.52. The van der Waals surface area contributed by atoms with Gasteiger partial charge in [-0.3, -0.25) is 4.79 Å². The number of amides is 1. The number of hydrogen-bond donors (Lipinski definition) is 4. The molecule has 0 fully saturated rings. The number of aryl methyl sites for hydroxylation is 2. The molecule has 0 aliphatic rings. The maximum absolute atomic E-state index is 12.0. The van der Waals surface area contributed by atoms with E-state index in [0.717, 1.165) is 17.2 Å². The van der Waals surface area contributed by atoms with Gasteiger partial charge in [-0.05, 0) is 32.9 Å². The highest BCUT2D eigenvalue weighted by atomic mass is 32.1. The molecular formula is C18H25N5O2S. The minimum atomic E-state index is -0.305. The van der Waals surface area contributed by atoms with E-state index in [9.17, 15) is 9.90 Å². The smallest absolute Gasteiger partial charge is 0.255 e. The molecule has 1 aromatic carbocycles. The fraction of sp³-hybridized carbons (Fsp3) is 0.389. The molecule has 7 nitrogen and oxygen atoms in total. The number of guanidine groups is 1. The van der Waals surface area contributed by atoms with Crippen molar-refractivity contribution < 1.29 is 9.90 Å². The zero-order valence-corrected chi connectivity index (χ0v) is 16.1. The monoisotopic (exact) mass is 375 g/mol. The number of hydrogen-bond acceptors (Lipinski definition) is 5. The summed E-state index contributed by atoms with van der Waals surface area (Å²) in [5, 5.41) is 19.8. The van der Waals surface area contributed by atoms with E-state index in [-0.39, 0.29) is 17.2 Å². The first-order chi connectivity index (χ1) is 12.5. The summed E-state index contributed by atoms with van der Waals surface area (Å²) >= 11 is 1.65. The molecule has 0 radical (unpaired) electrons. The Morgan fingerprint density at radius 3 is 2.58 bits per heavy atom. The average molecular weight is 375 g/mol. The molecule has 0 bridgehead atoms. The molecule has 140 valence electrons. The Labute approximate surface area is 157 Å². The van der Waals surface area contributed by atoms with E-state index in [1.807, 2.05) is 13.8 Å². The van der Waals surface area contributed by atoms with Gasteiger partial charge in [0.25, 0.3) is 5.91 Å². The molecule has 0 aliphatic heterocycles. The van der Waals surface area contributed by atoms with Crippen LogP contribution in [0, 0.1) is 13.8 Å². The Balaban J connectivity index is 1.81. The van der Waals surface area contributed by atoms with Crippen molar-refractivity contribution in [2.24, 2.45) is 4.99 Å². The van der Waals surface area contributed by atoms with Crippen LogP contribution in [0.2, 0.25) is 0 Å². The minimum Gasteiger partial charge on any atom is -0.507 e. The Hall–Kier alpha value is -2.61. The average Bonchev–Trinajstić information content (AvgIpc) is 2.94. The highest BCUT2D eigenvalue weighted by Gasteiger charge is 2.09. The lowest BCUT2D eigenvalue weighted by molar-refractivity contribution is 0.0951. The quantitative estimate of drug-likeness (QED) is 0.337. The van der Waals surface area contributed by atoms with Crippen LogP contribution in [-0.4, -0.2) is 41.6 Å². The normalized spacial score (nSPS) is 11.3. The molecule has 4 N–H and O–H groups in total. The van der Waals surface area contributed by atoms with Crippen LogP contribution in [0.5, 0.6) is 5.75 Å². The number of rotatable bonds is 7. The molecule has 26 heavy (non-hydrogen) atoms. The number of phenols is 1. The van der Waals surface area contributed by atoms with Gasteiger partial charge in [0.05, 0.1) is 17.8 Å². The fourth-order valence-corrected chi connectivity index (χ4v) is 3.07. The van der Waals surface area contributed by atoms with Gasteiger partial charge in [-0.25, -0.2) is 9.98 Å². The highest BCUT2D eigenvalue weighted by molar-refractivity contribution is 7.11. The standard InChI is InChI=1S/C18H25N5O2S/c1-4-19-18(22-11-16-23-12(2)13(3)26-16)21-10-9-20-17(25)14-7-5-6-8-15(14)24/h5-8,24H,4,9-11H2,1-3H3,(H,20,25)(H2,19,21,22). The van der Waals surface area contributed by atoms with Crippen molar-refractivity contribution in [3.8, 4) is 5.75 Å². The van der Waals surface area contributed by atoms with E-state index in [1.54, 1.807) is 29.5 Å². The third-order valence-corrected chi connectivity index (χ3v) is 4.70. The maximum atomic E-state index is 12.0. The lowest BCUT2D eigenvalue weighted by Gasteiger charge is -2.12. The zero-order valence-electron chi connectivity index (χ0n) is 15.3. The molecule has 0 saturated carbocycles. The van der Waals surface area contributed by atoms with Gasteiger partial charge in [-0.1, -0.05) is 12.1 Å². The molecule has 2 rings (SSSR count). The van der Waals surface area contributed by atoms with Gasteiger partial charge in [-0.2, -0.15) is 0 Å². The van der Waals surface area contributed by atoms with Crippen LogP contribution in [0.25, 0.3) is 0 Å². The van der Waals surface area contributed by atoms with Gasteiger partial charge in [0, 0.05) is 24.5 Å². The van der Waals surface area contributed by atoms with Crippen molar-refractivity contribution in [3.63, 3.8) is 0 Å². The molecule has 0 unspecified atom stereocenters. The summed E-state index contributed by atoms with van der Waals surface area (Å²) in [5.74, 6) is 0.345. The van der Waals surface area contributed by atoms with Crippen LogP contribution in [0.3, 0.4) is 0 Å².